The number of ether oxygens (including phenoxy) is 3. The number of carbonyl (C=O) groups is 2. The van der Waals surface area contributed by atoms with Gasteiger partial charge >= 0.3 is 6.18 Å². The monoisotopic (exact) mass is 500 g/mol. The maximum absolute atomic E-state index is 13.8. The fourth-order valence-corrected chi connectivity index (χ4v) is 4.92. The van der Waals surface area contributed by atoms with Crippen LogP contribution in [-0.4, -0.2) is 48.5 Å². The molecular formula is C26H23F3N2O5. The molecule has 0 aliphatic carbocycles. The molecule has 0 N–H and O–H groups in total. The number of hydrogen-bond donors (Lipinski definition) is 0. The summed E-state index contributed by atoms with van der Waals surface area (Å²) >= 11 is 0. The van der Waals surface area contributed by atoms with Crippen molar-refractivity contribution in [2.45, 2.75) is 24.6 Å². The number of amides is 1. The van der Waals surface area contributed by atoms with Crippen LogP contribution in [0.15, 0.2) is 54.6 Å². The molecule has 2 aliphatic rings. The average molecular weight is 500 g/mol. The standard InChI is InChI=1S/C26H23F3N2O5/c1-34-21-16-17(6-7-20(21)35-15-14-32)24(33)30-12-10-25(11-13-30)22-8-9-23(26(27,28)29)31(22)18-4-2-3-5-19(18)36-25/h2-9,14,16H,10-13,15H2,1H3. The van der Waals surface area contributed by atoms with Gasteiger partial charge in [-0.05, 0) is 42.5 Å². The normalized spacial score (nSPS) is 16.1. The number of alkyl halides is 3. The van der Waals surface area contributed by atoms with E-state index >= 15 is 0 Å². The van der Waals surface area contributed by atoms with Gasteiger partial charge in [-0.2, -0.15) is 13.2 Å². The maximum atomic E-state index is 13.8. The maximum Gasteiger partial charge on any atom is 0.431 e. The SMILES string of the molecule is COc1cc(C(=O)N2CCC3(CC2)Oc2ccccc2-n2c(C(F)(F)F)ccc23)ccc1OCC=O. The van der Waals surface area contributed by atoms with Gasteiger partial charge in [0, 0.05) is 31.5 Å². The largest absolute Gasteiger partial charge is 0.493 e. The number of para-hydroxylation sites is 2. The van der Waals surface area contributed by atoms with Gasteiger partial charge in [0.05, 0.1) is 18.5 Å². The first-order valence-electron chi connectivity index (χ1n) is 11.4. The van der Waals surface area contributed by atoms with Crippen molar-refractivity contribution < 1.29 is 37.0 Å². The Morgan fingerprint density at radius 3 is 2.53 bits per heavy atom. The number of aldehydes is 1. The molecule has 188 valence electrons. The zero-order valence-corrected chi connectivity index (χ0v) is 19.4. The molecule has 2 aliphatic heterocycles. The van der Waals surface area contributed by atoms with Gasteiger partial charge in [-0.25, -0.2) is 0 Å². The third-order valence-corrected chi connectivity index (χ3v) is 6.63. The number of methoxy groups -OCH3 is 1. The van der Waals surface area contributed by atoms with Crippen LogP contribution in [0.25, 0.3) is 5.69 Å². The van der Waals surface area contributed by atoms with Gasteiger partial charge in [0.1, 0.15) is 18.1 Å². The van der Waals surface area contributed by atoms with E-state index in [9.17, 15) is 22.8 Å². The van der Waals surface area contributed by atoms with Gasteiger partial charge in [-0.3, -0.25) is 9.59 Å². The first-order chi connectivity index (χ1) is 17.3. The first-order valence-corrected chi connectivity index (χ1v) is 11.4. The number of hydrogen-bond acceptors (Lipinski definition) is 5. The lowest BCUT2D eigenvalue weighted by atomic mass is 9.86. The molecule has 2 aromatic carbocycles. The molecule has 0 atom stereocenters. The van der Waals surface area contributed by atoms with E-state index in [-0.39, 0.29) is 12.5 Å². The average Bonchev–Trinajstić information content (AvgIpc) is 3.35. The second-order valence-electron chi connectivity index (χ2n) is 8.64. The van der Waals surface area contributed by atoms with Crippen molar-refractivity contribution in [1.82, 2.24) is 9.47 Å². The summed E-state index contributed by atoms with van der Waals surface area (Å²) in [4.78, 5) is 25.5. The Hall–Kier alpha value is -3.95. The first kappa shape index (κ1) is 23.8. The highest BCUT2D eigenvalue weighted by Gasteiger charge is 2.48. The molecule has 3 aromatic rings. The van der Waals surface area contributed by atoms with Crippen LogP contribution in [0.3, 0.4) is 0 Å². The number of nitrogens with zero attached hydrogens (tertiary/aromatic N) is 2. The molecule has 36 heavy (non-hydrogen) atoms. The van der Waals surface area contributed by atoms with Crippen LogP contribution in [0.2, 0.25) is 0 Å². The molecule has 0 radical (unpaired) electrons. The fraction of sp³-hybridized carbons (Fsp3) is 0.308. The summed E-state index contributed by atoms with van der Waals surface area (Å²) in [6, 6.07) is 13.9. The molecule has 0 unspecified atom stereocenters. The quantitative estimate of drug-likeness (QED) is 0.479. The van der Waals surface area contributed by atoms with Crippen LogP contribution in [0.4, 0.5) is 13.2 Å². The van der Waals surface area contributed by atoms with Crippen LogP contribution in [0, 0.1) is 0 Å². The summed E-state index contributed by atoms with van der Waals surface area (Å²) in [5, 5.41) is 0. The molecule has 0 saturated carbocycles. The number of halogens is 3. The highest BCUT2D eigenvalue weighted by molar-refractivity contribution is 5.95. The number of piperidine rings is 1. The van der Waals surface area contributed by atoms with Crippen molar-refractivity contribution in [2.24, 2.45) is 0 Å². The van der Waals surface area contributed by atoms with E-state index in [1.807, 2.05) is 0 Å². The van der Waals surface area contributed by atoms with Crippen LogP contribution in [0.5, 0.6) is 17.2 Å². The van der Waals surface area contributed by atoms with Crippen molar-refractivity contribution >= 4 is 12.2 Å². The summed E-state index contributed by atoms with van der Waals surface area (Å²) in [6.45, 7) is 0.442. The minimum Gasteiger partial charge on any atom is -0.493 e. The third kappa shape index (κ3) is 3.96. The fourth-order valence-electron chi connectivity index (χ4n) is 4.92. The lowest BCUT2D eigenvalue weighted by Gasteiger charge is -2.45. The minimum atomic E-state index is -4.53. The Morgan fingerprint density at radius 1 is 1.08 bits per heavy atom. The smallest absolute Gasteiger partial charge is 0.431 e. The van der Waals surface area contributed by atoms with Crippen LogP contribution in [-0.2, 0) is 16.6 Å². The van der Waals surface area contributed by atoms with Crippen LogP contribution >= 0.6 is 0 Å². The van der Waals surface area contributed by atoms with E-state index in [1.165, 1.54) is 17.7 Å². The number of rotatable bonds is 5. The summed E-state index contributed by atoms with van der Waals surface area (Å²) in [5.41, 5.74) is -0.593. The summed E-state index contributed by atoms with van der Waals surface area (Å²) in [6.07, 6.45) is -3.26. The highest BCUT2D eigenvalue weighted by Crippen LogP contribution is 2.48. The Balaban J connectivity index is 1.40. The molecule has 1 amide bonds. The molecular weight excluding hydrogens is 477 g/mol. The van der Waals surface area contributed by atoms with E-state index in [1.54, 1.807) is 47.4 Å². The molecule has 1 aromatic heterocycles. The van der Waals surface area contributed by atoms with Gasteiger partial charge in [-0.1, -0.05) is 12.1 Å². The zero-order chi connectivity index (χ0) is 25.5. The molecule has 1 spiro atoms. The molecule has 10 heteroatoms. The van der Waals surface area contributed by atoms with Crippen molar-refractivity contribution in [2.75, 3.05) is 26.8 Å². The van der Waals surface area contributed by atoms with E-state index in [0.29, 0.717) is 66.4 Å². The predicted molar refractivity (Wildman–Crippen MR) is 123 cm³/mol. The third-order valence-electron chi connectivity index (χ3n) is 6.63. The Kier molecular flexibility index (Phi) is 5.89. The number of fused-ring (bicyclic) bond motifs is 4. The summed E-state index contributed by atoms with van der Waals surface area (Å²) < 4.78 is 59.6. The van der Waals surface area contributed by atoms with Crippen molar-refractivity contribution in [3.63, 3.8) is 0 Å². The van der Waals surface area contributed by atoms with E-state index in [0.717, 1.165) is 6.07 Å². The lowest BCUT2D eigenvalue weighted by Crippen LogP contribution is -2.50. The van der Waals surface area contributed by atoms with Crippen LogP contribution < -0.4 is 14.2 Å². The zero-order valence-electron chi connectivity index (χ0n) is 19.4. The second-order valence-corrected chi connectivity index (χ2v) is 8.64. The topological polar surface area (TPSA) is 70.0 Å². The van der Waals surface area contributed by atoms with E-state index in [4.69, 9.17) is 14.2 Å². The van der Waals surface area contributed by atoms with Gasteiger partial charge in [0.15, 0.2) is 23.4 Å². The van der Waals surface area contributed by atoms with E-state index < -0.39 is 17.5 Å². The number of likely N-dealkylation sites (tertiary alicyclic amines) is 1. The Labute approximate surface area is 205 Å². The Morgan fingerprint density at radius 2 is 1.83 bits per heavy atom. The van der Waals surface area contributed by atoms with Gasteiger partial charge in [-0.15, -0.1) is 0 Å². The minimum absolute atomic E-state index is 0.140. The van der Waals surface area contributed by atoms with Crippen molar-refractivity contribution in [3.05, 3.63) is 71.5 Å². The van der Waals surface area contributed by atoms with Gasteiger partial charge < -0.3 is 23.7 Å². The molecule has 3 heterocycles. The molecule has 7 nitrogen and oxygen atoms in total. The Bertz CT molecular complexity index is 1310. The second kappa shape index (κ2) is 8.92. The molecule has 0 bridgehead atoms. The number of carbonyl (C=O) groups excluding carboxylic acids is 2. The van der Waals surface area contributed by atoms with Crippen LogP contribution in [0.1, 0.15) is 34.6 Å². The van der Waals surface area contributed by atoms with Gasteiger partial charge in [0.2, 0.25) is 0 Å². The highest BCUT2D eigenvalue weighted by atomic mass is 19.4. The predicted octanol–water partition coefficient (Wildman–Crippen LogP) is 4.61. The molecule has 1 saturated heterocycles. The number of benzene rings is 2. The lowest BCUT2D eigenvalue weighted by molar-refractivity contribution is -0.143. The van der Waals surface area contributed by atoms with Crippen molar-refractivity contribution in [1.29, 1.82) is 0 Å². The molecule has 1 fully saturated rings. The summed E-state index contributed by atoms with van der Waals surface area (Å²) in [7, 11) is 1.44. The molecule has 5 rings (SSSR count). The number of aromatic nitrogens is 1. The van der Waals surface area contributed by atoms with E-state index in [2.05, 4.69) is 0 Å². The van der Waals surface area contributed by atoms with Crippen molar-refractivity contribution in [3.8, 4) is 22.9 Å². The summed E-state index contributed by atoms with van der Waals surface area (Å²) in [5.74, 6) is 0.796. The van der Waals surface area contributed by atoms with Gasteiger partial charge in [0.25, 0.3) is 5.91 Å².